The molecule has 2 rings (SSSR count). The molecule has 0 bridgehead atoms. The van der Waals surface area contributed by atoms with Gasteiger partial charge in [-0.05, 0) is 13.3 Å². The quantitative estimate of drug-likeness (QED) is 0.688. The molecule has 0 spiro atoms. The maximum Gasteiger partial charge on any atom is 0.247 e. The van der Waals surface area contributed by atoms with Gasteiger partial charge in [0.2, 0.25) is 5.95 Å². The minimum absolute atomic E-state index is 0.0410. The molecule has 1 aromatic rings. The van der Waals surface area contributed by atoms with Gasteiger partial charge in [0.15, 0.2) is 5.67 Å². The first kappa shape index (κ1) is 11.0. The van der Waals surface area contributed by atoms with Gasteiger partial charge in [-0.2, -0.15) is 10.1 Å². The molecule has 0 aliphatic carbocycles. The van der Waals surface area contributed by atoms with Crippen LogP contribution in [0.4, 0.5) is 16.2 Å². The number of aromatic nitrogens is 3. The summed E-state index contributed by atoms with van der Waals surface area (Å²) in [6.45, 7) is 1.90. The summed E-state index contributed by atoms with van der Waals surface area (Å²) in [5.74, 6) is 0.549. The number of hydrogen-bond donors (Lipinski definition) is 2. The lowest BCUT2D eigenvalue weighted by molar-refractivity contribution is -0.00863. The lowest BCUT2D eigenvalue weighted by Gasteiger charge is -2.38. The summed E-state index contributed by atoms with van der Waals surface area (Å²) in [4.78, 5) is 5.60. The van der Waals surface area contributed by atoms with Crippen molar-refractivity contribution < 1.29 is 9.50 Å². The van der Waals surface area contributed by atoms with Gasteiger partial charge in [-0.25, -0.2) is 4.39 Å². The molecule has 6 nitrogen and oxygen atoms in total. The van der Waals surface area contributed by atoms with Crippen LogP contribution in [0.3, 0.4) is 0 Å². The number of anilines is 2. The first-order valence-electron chi connectivity index (χ1n) is 5.06. The van der Waals surface area contributed by atoms with Crippen LogP contribution >= 0.6 is 0 Å². The van der Waals surface area contributed by atoms with E-state index in [9.17, 15) is 9.50 Å². The normalized spacial score (nSPS) is 30.4. The number of rotatable bonds is 1. The van der Waals surface area contributed by atoms with Crippen molar-refractivity contribution in [2.45, 2.75) is 25.1 Å². The van der Waals surface area contributed by atoms with E-state index in [1.54, 1.807) is 4.90 Å². The third kappa shape index (κ3) is 2.04. The highest BCUT2D eigenvalue weighted by atomic mass is 19.1. The van der Waals surface area contributed by atoms with Crippen molar-refractivity contribution in [1.29, 1.82) is 0 Å². The lowest BCUT2D eigenvalue weighted by Crippen LogP contribution is -2.53. The molecule has 16 heavy (non-hydrogen) atoms. The predicted octanol–water partition coefficient (Wildman–Crippen LogP) is -0.247. The Balaban J connectivity index is 2.18. The minimum Gasteiger partial charge on any atom is -0.390 e. The molecule has 0 unspecified atom stereocenters. The van der Waals surface area contributed by atoms with Crippen molar-refractivity contribution in [3.05, 3.63) is 6.20 Å². The fourth-order valence-electron chi connectivity index (χ4n) is 1.75. The van der Waals surface area contributed by atoms with Crippen LogP contribution in [0.2, 0.25) is 0 Å². The van der Waals surface area contributed by atoms with E-state index in [1.165, 1.54) is 13.1 Å². The number of nitrogens with two attached hydrogens (primary N) is 1. The number of aliphatic hydroxyl groups is 1. The Hall–Kier alpha value is -1.50. The van der Waals surface area contributed by atoms with E-state index in [0.29, 0.717) is 18.9 Å². The summed E-state index contributed by atoms with van der Waals surface area (Å²) in [6.07, 6.45) is 0.722. The van der Waals surface area contributed by atoms with Crippen LogP contribution in [0.5, 0.6) is 0 Å². The van der Waals surface area contributed by atoms with Crippen LogP contribution < -0.4 is 10.6 Å². The molecule has 1 aliphatic heterocycles. The minimum atomic E-state index is -1.66. The average molecular weight is 227 g/mol. The maximum atomic E-state index is 13.9. The molecule has 3 N–H and O–H groups in total. The summed E-state index contributed by atoms with van der Waals surface area (Å²) < 4.78 is 13.9. The van der Waals surface area contributed by atoms with E-state index < -0.39 is 11.8 Å². The van der Waals surface area contributed by atoms with E-state index in [4.69, 9.17) is 5.73 Å². The summed E-state index contributed by atoms with van der Waals surface area (Å²) in [5, 5.41) is 16.9. The van der Waals surface area contributed by atoms with Gasteiger partial charge in [0.05, 0.1) is 18.8 Å². The number of nitrogen functional groups attached to an aromatic ring is 1. The van der Waals surface area contributed by atoms with Gasteiger partial charge in [0.1, 0.15) is 5.82 Å². The second kappa shape index (κ2) is 3.82. The second-order valence-corrected chi connectivity index (χ2v) is 4.19. The molecular formula is C9H14FN5O. The first-order chi connectivity index (χ1) is 7.49. The van der Waals surface area contributed by atoms with Crippen molar-refractivity contribution in [2.24, 2.45) is 0 Å². The maximum absolute atomic E-state index is 13.9. The van der Waals surface area contributed by atoms with Crippen molar-refractivity contribution in [2.75, 3.05) is 23.7 Å². The number of halogens is 1. The molecule has 88 valence electrons. The SMILES string of the molecule is C[C@]1(F)CN(c2nncc(N)n2)CC[C@@H]1O. The largest absolute Gasteiger partial charge is 0.390 e. The molecule has 1 aromatic heterocycles. The van der Waals surface area contributed by atoms with Crippen molar-refractivity contribution in [3.63, 3.8) is 0 Å². The van der Waals surface area contributed by atoms with E-state index in [0.717, 1.165) is 0 Å². The van der Waals surface area contributed by atoms with E-state index in [-0.39, 0.29) is 12.4 Å². The fourth-order valence-corrected chi connectivity index (χ4v) is 1.75. The Morgan fingerprint density at radius 2 is 2.44 bits per heavy atom. The molecule has 0 radical (unpaired) electrons. The van der Waals surface area contributed by atoms with E-state index in [1.807, 2.05) is 0 Å². The molecule has 0 saturated carbocycles. The van der Waals surface area contributed by atoms with Crippen LogP contribution in [-0.4, -0.2) is 45.2 Å². The van der Waals surface area contributed by atoms with E-state index >= 15 is 0 Å². The molecular weight excluding hydrogens is 213 g/mol. The van der Waals surface area contributed by atoms with Gasteiger partial charge in [-0.1, -0.05) is 0 Å². The molecule has 2 heterocycles. The van der Waals surface area contributed by atoms with Crippen molar-refractivity contribution in [3.8, 4) is 0 Å². The van der Waals surface area contributed by atoms with Gasteiger partial charge >= 0.3 is 0 Å². The second-order valence-electron chi connectivity index (χ2n) is 4.19. The standard InChI is InChI=1S/C9H14FN5O/c1-9(10)5-15(3-2-6(9)16)8-13-7(11)4-12-14-8/h4,6,16H,2-3,5H2,1H3,(H2,11,13,14)/t6-,9-/m0/s1. The molecule has 0 amide bonds. The molecule has 2 atom stereocenters. The monoisotopic (exact) mass is 227 g/mol. The molecule has 7 heteroatoms. The van der Waals surface area contributed by atoms with Gasteiger partial charge < -0.3 is 15.7 Å². The summed E-state index contributed by atoms with van der Waals surface area (Å²) in [5.41, 5.74) is 3.82. The Labute approximate surface area is 92.3 Å². The Kier molecular flexibility index (Phi) is 2.63. The van der Waals surface area contributed by atoms with Crippen LogP contribution in [0.1, 0.15) is 13.3 Å². The number of piperidine rings is 1. The Morgan fingerprint density at radius 1 is 1.69 bits per heavy atom. The number of aliphatic hydroxyl groups excluding tert-OH is 1. The van der Waals surface area contributed by atoms with Gasteiger partial charge in [0.25, 0.3) is 0 Å². The number of hydrogen-bond acceptors (Lipinski definition) is 6. The fraction of sp³-hybridized carbons (Fsp3) is 0.667. The van der Waals surface area contributed by atoms with Gasteiger partial charge in [-0.3, -0.25) is 0 Å². The Bertz CT molecular complexity index is 386. The van der Waals surface area contributed by atoms with Crippen LogP contribution in [0.15, 0.2) is 6.20 Å². The molecule has 0 aromatic carbocycles. The average Bonchev–Trinajstić information content (AvgIpc) is 2.22. The van der Waals surface area contributed by atoms with Crippen LogP contribution in [0, 0.1) is 0 Å². The smallest absolute Gasteiger partial charge is 0.247 e. The Morgan fingerprint density at radius 3 is 3.06 bits per heavy atom. The molecule has 1 fully saturated rings. The van der Waals surface area contributed by atoms with Crippen LogP contribution in [-0.2, 0) is 0 Å². The highest BCUT2D eigenvalue weighted by Gasteiger charge is 2.39. The van der Waals surface area contributed by atoms with Crippen LogP contribution in [0.25, 0.3) is 0 Å². The third-order valence-corrected chi connectivity index (χ3v) is 2.72. The molecule has 1 aliphatic rings. The predicted molar refractivity (Wildman–Crippen MR) is 56.6 cm³/mol. The summed E-state index contributed by atoms with van der Waals surface area (Å²) in [7, 11) is 0. The third-order valence-electron chi connectivity index (χ3n) is 2.72. The topological polar surface area (TPSA) is 88.2 Å². The zero-order chi connectivity index (χ0) is 11.8. The van der Waals surface area contributed by atoms with E-state index in [2.05, 4.69) is 15.2 Å². The zero-order valence-corrected chi connectivity index (χ0v) is 8.97. The number of nitrogens with zero attached hydrogens (tertiary/aromatic N) is 4. The zero-order valence-electron chi connectivity index (χ0n) is 8.97. The highest BCUT2D eigenvalue weighted by Crippen LogP contribution is 2.27. The van der Waals surface area contributed by atoms with Crippen molar-refractivity contribution in [1.82, 2.24) is 15.2 Å². The summed E-state index contributed by atoms with van der Waals surface area (Å²) in [6, 6.07) is 0. The summed E-state index contributed by atoms with van der Waals surface area (Å²) >= 11 is 0. The lowest BCUT2D eigenvalue weighted by atomic mass is 9.94. The van der Waals surface area contributed by atoms with Gasteiger partial charge in [0, 0.05) is 6.54 Å². The number of alkyl halides is 1. The van der Waals surface area contributed by atoms with Gasteiger partial charge in [-0.15, -0.1) is 5.10 Å². The first-order valence-corrected chi connectivity index (χ1v) is 5.06. The molecule has 1 saturated heterocycles. The van der Waals surface area contributed by atoms with Crippen molar-refractivity contribution >= 4 is 11.8 Å². The highest BCUT2D eigenvalue weighted by molar-refractivity contribution is 5.36.